The second kappa shape index (κ2) is 4.75. The van der Waals surface area contributed by atoms with Gasteiger partial charge in [0.1, 0.15) is 5.75 Å². The van der Waals surface area contributed by atoms with Crippen LogP contribution in [0.1, 0.15) is 0 Å². The van der Waals surface area contributed by atoms with Gasteiger partial charge in [-0.05, 0) is 18.4 Å². The van der Waals surface area contributed by atoms with Crippen molar-refractivity contribution in [2.24, 2.45) is 0 Å². The van der Waals surface area contributed by atoms with E-state index in [0.717, 1.165) is 4.90 Å². The summed E-state index contributed by atoms with van der Waals surface area (Å²) in [6.45, 7) is 0. The first-order chi connectivity index (χ1) is 4.34. The van der Waals surface area contributed by atoms with Gasteiger partial charge >= 0.3 is 0 Å². The van der Waals surface area contributed by atoms with Crippen molar-refractivity contribution < 1.29 is 24.6 Å². The van der Waals surface area contributed by atoms with Gasteiger partial charge in [-0.3, -0.25) is 0 Å². The van der Waals surface area contributed by atoms with Crippen LogP contribution in [0.5, 0.6) is 5.75 Å². The summed E-state index contributed by atoms with van der Waals surface area (Å²) in [7, 11) is 0. The van der Waals surface area contributed by atoms with E-state index in [4.69, 9.17) is 5.11 Å². The molecule has 56 valence electrons. The number of para-hydroxylation sites is 1. The Morgan fingerprint density at radius 2 is 1.90 bits per heavy atom. The zero-order chi connectivity index (χ0) is 6.69. The summed E-state index contributed by atoms with van der Waals surface area (Å²) in [6.07, 6.45) is 1.94. The molecule has 1 aromatic carbocycles. The molecule has 1 aromatic rings. The largest absolute Gasteiger partial charge is 0.507 e. The van der Waals surface area contributed by atoms with Crippen LogP contribution in [-0.4, -0.2) is 11.4 Å². The van der Waals surface area contributed by atoms with E-state index in [2.05, 4.69) is 0 Å². The molecule has 0 unspecified atom stereocenters. The molecule has 0 radical (unpaired) electrons. The zero-order valence-corrected chi connectivity index (χ0v) is 8.07. The Morgan fingerprint density at radius 1 is 1.30 bits per heavy atom. The molecule has 0 amide bonds. The predicted octanol–water partition coefficient (Wildman–Crippen LogP) is 2.11. The molecular weight excluding hydrogens is 233 g/mol. The Kier molecular flexibility index (Phi) is 4.75. The molecule has 3 heteroatoms. The van der Waals surface area contributed by atoms with Crippen molar-refractivity contribution >= 4 is 11.8 Å². The van der Waals surface area contributed by atoms with Crippen molar-refractivity contribution in [3.05, 3.63) is 24.3 Å². The van der Waals surface area contributed by atoms with Crippen molar-refractivity contribution in [2.45, 2.75) is 4.90 Å². The van der Waals surface area contributed by atoms with Crippen LogP contribution in [-0.2, 0) is 19.5 Å². The van der Waals surface area contributed by atoms with Gasteiger partial charge in [-0.15, -0.1) is 11.8 Å². The smallest absolute Gasteiger partial charge is 0.129 e. The Morgan fingerprint density at radius 3 is 2.30 bits per heavy atom. The normalized spacial score (nSPS) is 8.50. The first-order valence-corrected chi connectivity index (χ1v) is 3.89. The molecule has 1 nitrogen and oxygen atoms in total. The summed E-state index contributed by atoms with van der Waals surface area (Å²) in [4.78, 5) is 0.928. The number of hydrogen-bond donors (Lipinski definition) is 1. The molecular formula is C7H8ORuS. The summed E-state index contributed by atoms with van der Waals surface area (Å²) >= 11 is 1.55. The van der Waals surface area contributed by atoms with Gasteiger partial charge in [-0.1, -0.05) is 12.1 Å². The molecule has 1 N–H and O–H groups in total. The van der Waals surface area contributed by atoms with Crippen LogP contribution in [0.15, 0.2) is 29.2 Å². The molecule has 0 atom stereocenters. The summed E-state index contributed by atoms with van der Waals surface area (Å²) < 4.78 is 0. The first kappa shape index (κ1) is 9.99. The maximum Gasteiger partial charge on any atom is 0.129 e. The van der Waals surface area contributed by atoms with E-state index in [0.29, 0.717) is 5.75 Å². The van der Waals surface area contributed by atoms with E-state index in [9.17, 15) is 0 Å². The summed E-state index contributed by atoms with van der Waals surface area (Å²) in [5.41, 5.74) is 0. The van der Waals surface area contributed by atoms with Crippen LogP contribution in [0.3, 0.4) is 0 Å². The van der Waals surface area contributed by atoms with Crippen LogP contribution in [0, 0.1) is 0 Å². The van der Waals surface area contributed by atoms with Crippen LogP contribution < -0.4 is 0 Å². The summed E-state index contributed by atoms with van der Waals surface area (Å²) in [5, 5.41) is 9.09. The zero-order valence-electron chi connectivity index (χ0n) is 5.52. The topological polar surface area (TPSA) is 20.2 Å². The van der Waals surface area contributed by atoms with Crippen molar-refractivity contribution in [1.82, 2.24) is 0 Å². The molecule has 0 bridgehead atoms. The molecule has 0 spiro atoms. The fourth-order valence-corrected chi connectivity index (χ4v) is 1.12. The van der Waals surface area contributed by atoms with Gasteiger partial charge in [0.15, 0.2) is 0 Å². The van der Waals surface area contributed by atoms with Crippen LogP contribution in [0.4, 0.5) is 0 Å². The molecule has 1 rings (SSSR count). The van der Waals surface area contributed by atoms with Crippen molar-refractivity contribution in [1.29, 1.82) is 0 Å². The number of aromatic hydroxyl groups is 1. The average molecular weight is 241 g/mol. The molecule has 0 aliphatic heterocycles. The standard InChI is InChI=1S/C7H8OS.Ru/c1-9-7-5-3-2-4-6(7)8;/h2-5,8H,1H3;. The van der Waals surface area contributed by atoms with E-state index >= 15 is 0 Å². The van der Waals surface area contributed by atoms with Gasteiger partial charge in [-0.25, -0.2) is 0 Å². The van der Waals surface area contributed by atoms with Crippen molar-refractivity contribution in [3.8, 4) is 5.75 Å². The Bertz CT molecular complexity index is 203. The molecule has 0 heterocycles. The van der Waals surface area contributed by atoms with Gasteiger partial charge in [0.25, 0.3) is 0 Å². The van der Waals surface area contributed by atoms with Gasteiger partial charge in [0.05, 0.1) is 0 Å². The van der Waals surface area contributed by atoms with Crippen LogP contribution >= 0.6 is 11.8 Å². The fourth-order valence-electron chi connectivity index (χ4n) is 0.630. The van der Waals surface area contributed by atoms with Gasteiger partial charge in [0.2, 0.25) is 0 Å². The second-order valence-electron chi connectivity index (χ2n) is 1.67. The predicted molar refractivity (Wildman–Crippen MR) is 39.9 cm³/mol. The molecule has 10 heavy (non-hydrogen) atoms. The third-order valence-corrected chi connectivity index (χ3v) is 1.87. The number of phenols is 1. The van der Waals surface area contributed by atoms with Crippen molar-refractivity contribution in [3.63, 3.8) is 0 Å². The monoisotopic (exact) mass is 242 g/mol. The second-order valence-corrected chi connectivity index (χ2v) is 2.52. The third kappa shape index (κ3) is 2.32. The van der Waals surface area contributed by atoms with E-state index < -0.39 is 0 Å². The van der Waals surface area contributed by atoms with E-state index in [1.807, 2.05) is 24.5 Å². The van der Waals surface area contributed by atoms with Gasteiger partial charge < -0.3 is 5.11 Å². The number of phenolic OH excluding ortho intramolecular Hbond substituents is 1. The molecule has 0 fully saturated rings. The minimum atomic E-state index is 0. The maximum atomic E-state index is 9.09. The minimum absolute atomic E-state index is 0. The number of hydrogen-bond acceptors (Lipinski definition) is 2. The van der Waals surface area contributed by atoms with Crippen molar-refractivity contribution in [2.75, 3.05) is 6.26 Å². The van der Waals surface area contributed by atoms with Gasteiger partial charge in [-0.2, -0.15) is 0 Å². The Hall–Kier alpha value is -0.00662. The average Bonchev–Trinajstić information content (AvgIpc) is 1.89. The van der Waals surface area contributed by atoms with Crippen LogP contribution in [0.25, 0.3) is 0 Å². The van der Waals surface area contributed by atoms with E-state index in [-0.39, 0.29) is 19.5 Å². The number of rotatable bonds is 1. The Labute approximate surface area is 77.6 Å². The SMILES string of the molecule is CSc1ccccc1O.[Ru]. The van der Waals surface area contributed by atoms with E-state index in [1.54, 1.807) is 17.8 Å². The number of thioether (sulfide) groups is 1. The quantitative estimate of drug-likeness (QED) is 0.600. The summed E-state index contributed by atoms with van der Waals surface area (Å²) in [5.74, 6) is 0.366. The van der Waals surface area contributed by atoms with Gasteiger partial charge in [0, 0.05) is 24.4 Å². The molecule has 0 saturated carbocycles. The Balaban J connectivity index is 0.000000810. The molecule has 0 aliphatic carbocycles. The molecule has 0 aliphatic rings. The molecule has 0 saturated heterocycles. The maximum absolute atomic E-state index is 9.09. The van der Waals surface area contributed by atoms with E-state index in [1.165, 1.54) is 0 Å². The number of benzene rings is 1. The fraction of sp³-hybridized carbons (Fsp3) is 0.143. The molecule has 0 aromatic heterocycles. The minimum Gasteiger partial charge on any atom is -0.507 e. The summed E-state index contributed by atoms with van der Waals surface area (Å²) in [6, 6.07) is 7.30. The van der Waals surface area contributed by atoms with Crippen LogP contribution in [0.2, 0.25) is 0 Å². The first-order valence-electron chi connectivity index (χ1n) is 2.66. The third-order valence-electron chi connectivity index (χ3n) is 1.09.